The fourth-order valence-corrected chi connectivity index (χ4v) is 9.96. The van der Waals surface area contributed by atoms with Gasteiger partial charge in [-0.15, -0.1) is 12.2 Å². The molecule has 0 aromatic rings. The van der Waals surface area contributed by atoms with Gasteiger partial charge in [0.2, 0.25) is 0 Å². The molecule has 0 unspecified atom stereocenters. The van der Waals surface area contributed by atoms with Crippen LogP contribution in [0.1, 0.15) is 64.2 Å². The molecule has 8 aliphatic carbocycles. The van der Waals surface area contributed by atoms with Crippen molar-refractivity contribution in [1.29, 1.82) is 0 Å². The number of aliphatic hydroxyl groups excluding tert-OH is 1. The number of esters is 3. The van der Waals surface area contributed by atoms with Gasteiger partial charge in [0.25, 0.3) is 17.5 Å². The maximum atomic E-state index is 12.9. The normalized spacial score (nSPS) is 46.2. The molecule has 2 aliphatic heterocycles. The van der Waals surface area contributed by atoms with E-state index in [2.05, 4.69) is 6.08 Å². The van der Waals surface area contributed by atoms with E-state index in [9.17, 15) is 19.5 Å². The van der Waals surface area contributed by atoms with Gasteiger partial charge in [0.1, 0.15) is 0 Å². The third kappa shape index (κ3) is 3.94. The van der Waals surface area contributed by atoms with Crippen LogP contribution in [0.25, 0.3) is 0 Å². The number of carbonyl (C=O) groups is 3. The number of hydrogen-bond donors (Lipinski definition) is 1. The monoisotopic (exact) mass is 622 g/mol. The predicted molar refractivity (Wildman–Crippen MR) is 134 cm³/mol. The standard InChI is InChI=1S/C31H33O8.Y/c32-26-24(27(33)37-30(36-26)20-8-16-6-17(10-20)11-21(30)9-16)4-2-1-3-5-25-28(34)38-31(39-29(25)35)22-12-18-7-19(14-22)15-23(31)13-18;/h2-5,16-23,32H,6-15H2;/q-1;. The van der Waals surface area contributed by atoms with E-state index in [-0.39, 0.29) is 67.5 Å². The summed E-state index contributed by atoms with van der Waals surface area (Å²) < 4.78 is 23.6. The van der Waals surface area contributed by atoms with Gasteiger partial charge in [-0.25, -0.2) is 14.4 Å². The van der Waals surface area contributed by atoms with Gasteiger partial charge in [-0.05, 0) is 87.9 Å². The van der Waals surface area contributed by atoms with Crippen molar-refractivity contribution < 1.29 is 71.1 Å². The molecule has 10 rings (SSSR count). The van der Waals surface area contributed by atoms with Crippen LogP contribution in [0.3, 0.4) is 0 Å². The maximum Gasteiger partial charge on any atom is 0.336 e. The van der Waals surface area contributed by atoms with Crippen LogP contribution in [0.4, 0.5) is 0 Å². The van der Waals surface area contributed by atoms with Crippen molar-refractivity contribution in [3.05, 3.63) is 47.5 Å². The molecule has 2 heterocycles. The topological polar surface area (TPSA) is 108 Å². The summed E-state index contributed by atoms with van der Waals surface area (Å²) in [5.74, 6) is -1.46. The average molecular weight is 623 g/mol. The Balaban J connectivity index is 0.00000264. The Morgan fingerprint density at radius 1 is 0.650 bits per heavy atom. The molecule has 209 valence electrons. The molecule has 8 nitrogen and oxygen atoms in total. The summed E-state index contributed by atoms with van der Waals surface area (Å²) in [7, 11) is 0. The van der Waals surface area contributed by atoms with Crippen LogP contribution in [-0.2, 0) is 66.0 Å². The van der Waals surface area contributed by atoms with E-state index in [0.717, 1.165) is 51.4 Å². The quantitative estimate of drug-likeness (QED) is 0.160. The molecule has 0 aromatic heterocycles. The van der Waals surface area contributed by atoms with Gasteiger partial charge in [-0.2, -0.15) is 18.2 Å². The van der Waals surface area contributed by atoms with Crippen molar-refractivity contribution in [1.82, 2.24) is 0 Å². The third-order valence-corrected chi connectivity index (χ3v) is 11.1. The predicted octanol–water partition coefficient (Wildman–Crippen LogP) is 4.57. The molecular weight excluding hydrogens is 589 g/mol. The van der Waals surface area contributed by atoms with E-state index in [1.54, 1.807) is 0 Å². The Bertz CT molecular complexity index is 1200. The molecule has 40 heavy (non-hydrogen) atoms. The van der Waals surface area contributed by atoms with Crippen molar-refractivity contribution >= 4 is 17.9 Å². The second kappa shape index (κ2) is 9.55. The molecule has 1 radical (unpaired) electrons. The molecule has 9 fully saturated rings. The second-order valence-corrected chi connectivity index (χ2v) is 13.3. The molecule has 2 spiro atoms. The Hall–Kier alpha value is -1.93. The van der Waals surface area contributed by atoms with E-state index < -0.39 is 35.4 Å². The minimum Gasteiger partial charge on any atom is -0.481 e. The van der Waals surface area contributed by atoms with Gasteiger partial charge in [0.05, 0.1) is 11.1 Å². The molecular formula is C31H33O8Y-. The number of hydrogen-bond acceptors (Lipinski definition) is 8. The number of allylic oxidation sites excluding steroid dienone is 4. The van der Waals surface area contributed by atoms with Gasteiger partial charge in [0, 0.05) is 56.4 Å². The zero-order valence-corrected chi connectivity index (χ0v) is 25.2. The van der Waals surface area contributed by atoms with Crippen LogP contribution >= 0.6 is 0 Å². The largest absolute Gasteiger partial charge is 0.481 e. The van der Waals surface area contributed by atoms with Gasteiger partial charge in [-0.1, -0.05) is 0 Å². The molecule has 9 heteroatoms. The Morgan fingerprint density at radius 2 is 1.07 bits per heavy atom. The number of carbonyl (C=O) groups excluding carboxylic acids is 3. The van der Waals surface area contributed by atoms with Crippen LogP contribution in [0.15, 0.2) is 41.4 Å². The van der Waals surface area contributed by atoms with E-state index in [4.69, 9.17) is 18.9 Å². The van der Waals surface area contributed by atoms with E-state index in [1.807, 2.05) is 0 Å². The molecule has 10 aliphatic rings. The first-order chi connectivity index (χ1) is 18.8. The van der Waals surface area contributed by atoms with Gasteiger partial charge >= 0.3 is 17.9 Å². The first-order valence-corrected chi connectivity index (χ1v) is 14.6. The zero-order valence-electron chi connectivity index (χ0n) is 22.4. The first kappa shape index (κ1) is 26.9. The van der Waals surface area contributed by atoms with E-state index >= 15 is 0 Å². The van der Waals surface area contributed by atoms with Gasteiger partial charge in [-0.3, -0.25) is 0 Å². The van der Waals surface area contributed by atoms with Crippen molar-refractivity contribution in [2.24, 2.45) is 47.3 Å². The van der Waals surface area contributed by atoms with Crippen molar-refractivity contribution in [2.45, 2.75) is 75.8 Å². The first-order valence-electron chi connectivity index (χ1n) is 14.6. The Labute approximate surface area is 258 Å². The van der Waals surface area contributed by atoms with E-state index in [0.29, 0.717) is 23.7 Å². The van der Waals surface area contributed by atoms with Crippen LogP contribution < -0.4 is 0 Å². The maximum absolute atomic E-state index is 12.9. The fourth-order valence-electron chi connectivity index (χ4n) is 9.96. The molecule has 0 atom stereocenters. The number of ether oxygens (including phenoxy) is 4. The van der Waals surface area contributed by atoms with Crippen LogP contribution in [0, 0.1) is 53.4 Å². The Kier molecular flexibility index (Phi) is 6.43. The summed E-state index contributed by atoms with van der Waals surface area (Å²) in [6.07, 6.45) is 18.4. The van der Waals surface area contributed by atoms with Crippen LogP contribution in [0.2, 0.25) is 0 Å². The smallest absolute Gasteiger partial charge is 0.336 e. The number of aliphatic hydroxyl groups is 1. The fraction of sp³-hybridized carbons (Fsp3) is 0.645. The second-order valence-electron chi connectivity index (χ2n) is 13.3. The molecule has 1 N–H and O–H groups in total. The molecule has 0 aromatic carbocycles. The number of rotatable bonds is 3. The van der Waals surface area contributed by atoms with Crippen molar-refractivity contribution in [3.8, 4) is 0 Å². The molecule has 8 bridgehead atoms. The van der Waals surface area contributed by atoms with Crippen molar-refractivity contribution in [3.63, 3.8) is 0 Å². The SMILES string of the molecule is O=C1OC2(OC(=O)C1=CC=[C-]C=CC1=C(O)OC3(OC1=O)C1CC4CC(C1)CC3C4)C1CC3CC(C1)CC2C3.[Y]. The summed E-state index contributed by atoms with van der Waals surface area (Å²) in [4.78, 5) is 38.7. The minimum absolute atomic E-state index is 0. The van der Waals surface area contributed by atoms with Crippen LogP contribution in [0.5, 0.6) is 0 Å². The van der Waals surface area contributed by atoms with Gasteiger partial charge in [0.15, 0.2) is 0 Å². The minimum atomic E-state index is -1.10. The summed E-state index contributed by atoms with van der Waals surface area (Å²) in [6, 6.07) is 0. The summed E-state index contributed by atoms with van der Waals surface area (Å²) in [6.45, 7) is 0. The summed E-state index contributed by atoms with van der Waals surface area (Å²) >= 11 is 0. The van der Waals surface area contributed by atoms with E-state index in [1.165, 1.54) is 37.1 Å². The zero-order chi connectivity index (χ0) is 26.5. The Morgan fingerprint density at radius 3 is 1.52 bits per heavy atom. The summed E-state index contributed by atoms with van der Waals surface area (Å²) in [5, 5.41) is 10.7. The van der Waals surface area contributed by atoms with Crippen LogP contribution in [-0.4, -0.2) is 34.6 Å². The average Bonchev–Trinajstić information content (AvgIpc) is 2.87. The molecule has 0 amide bonds. The molecule has 1 saturated heterocycles. The van der Waals surface area contributed by atoms with Gasteiger partial charge < -0.3 is 24.1 Å². The summed E-state index contributed by atoms with van der Waals surface area (Å²) in [5.41, 5.74) is -0.259. The van der Waals surface area contributed by atoms with Crippen molar-refractivity contribution in [2.75, 3.05) is 0 Å². The third-order valence-electron chi connectivity index (χ3n) is 11.1. The molecule has 8 saturated carbocycles.